The van der Waals surface area contributed by atoms with E-state index in [1.165, 1.54) is 5.57 Å². The van der Waals surface area contributed by atoms with Gasteiger partial charge in [0.05, 0.1) is 11.0 Å². The Labute approximate surface area is 122 Å². The quantitative estimate of drug-likeness (QED) is 0.555. The Morgan fingerprint density at radius 1 is 0.952 bits per heavy atom. The molecule has 2 N–H and O–H groups in total. The second-order valence-electron chi connectivity index (χ2n) is 5.30. The monoisotopic (exact) mass is 280 g/mol. The highest BCUT2D eigenvalue weighted by Gasteiger charge is 2.11. The van der Waals surface area contributed by atoms with E-state index in [0.717, 1.165) is 5.56 Å². The number of phenols is 2. The van der Waals surface area contributed by atoms with Crippen molar-refractivity contribution in [3.8, 4) is 11.5 Å². The Bertz CT molecular complexity index is 865. The summed E-state index contributed by atoms with van der Waals surface area (Å²) in [5, 5.41) is 20.0. The molecule has 3 aromatic rings. The van der Waals surface area contributed by atoms with Crippen molar-refractivity contribution >= 4 is 22.1 Å². The summed E-state index contributed by atoms with van der Waals surface area (Å²) in [6.07, 6.45) is 2.81. The van der Waals surface area contributed by atoms with Crippen LogP contribution in [0.15, 0.2) is 42.0 Å². The first-order valence-electron chi connectivity index (χ1n) is 6.80. The maximum atomic E-state index is 10.0. The van der Waals surface area contributed by atoms with Gasteiger partial charge in [-0.25, -0.2) is 9.97 Å². The molecule has 0 unspecified atom stereocenters. The lowest BCUT2D eigenvalue weighted by Gasteiger charge is -2.08. The molecule has 0 fully saturated rings. The van der Waals surface area contributed by atoms with Crippen LogP contribution in [0.25, 0.3) is 22.1 Å². The van der Waals surface area contributed by atoms with Gasteiger partial charge in [-0.3, -0.25) is 0 Å². The summed E-state index contributed by atoms with van der Waals surface area (Å²) < 4.78 is 0. The fourth-order valence-corrected chi connectivity index (χ4v) is 2.28. The summed E-state index contributed by atoms with van der Waals surface area (Å²) in [5.74, 6) is 0.196. The molecule has 0 bridgehead atoms. The molecule has 0 spiro atoms. The Morgan fingerprint density at radius 2 is 1.71 bits per heavy atom. The molecule has 0 saturated heterocycles. The molecular weight excluding hydrogens is 264 g/mol. The zero-order valence-corrected chi connectivity index (χ0v) is 12.0. The van der Waals surface area contributed by atoms with Crippen molar-refractivity contribution in [2.45, 2.75) is 20.3 Å². The topological polar surface area (TPSA) is 66.2 Å². The summed E-state index contributed by atoms with van der Waals surface area (Å²) in [4.78, 5) is 8.95. The molecule has 3 rings (SSSR count). The first-order chi connectivity index (χ1) is 10.1. The van der Waals surface area contributed by atoms with Crippen LogP contribution in [0.2, 0.25) is 0 Å². The van der Waals surface area contributed by atoms with E-state index in [4.69, 9.17) is 0 Å². The number of nitrogens with zero attached hydrogens (tertiary/aromatic N) is 2. The van der Waals surface area contributed by atoms with Crippen molar-refractivity contribution in [3.63, 3.8) is 0 Å². The van der Waals surface area contributed by atoms with E-state index < -0.39 is 0 Å². The predicted octanol–water partition coefficient (Wildman–Crippen LogP) is 3.70. The number of aromatic nitrogens is 2. The maximum absolute atomic E-state index is 10.0. The number of allylic oxidation sites excluding steroid dienone is 2. The van der Waals surface area contributed by atoms with Gasteiger partial charge in [-0.2, -0.15) is 0 Å². The normalized spacial score (nSPS) is 11.0. The van der Waals surface area contributed by atoms with Gasteiger partial charge < -0.3 is 10.2 Å². The van der Waals surface area contributed by atoms with E-state index in [-0.39, 0.29) is 11.5 Å². The third-order valence-electron chi connectivity index (χ3n) is 3.39. The molecule has 0 aliphatic heterocycles. The minimum atomic E-state index is 0.0957. The Hall–Kier alpha value is -2.62. The van der Waals surface area contributed by atoms with E-state index in [1.54, 1.807) is 24.3 Å². The van der Waals surface area contributed by atoms with Crippen molar-refractivity contribution in [2.24, 2.45) is 0 Å². The highest BCUT2D eigenvalue weighted by Crippen LogP contribution is 2.30. The van der Waals surface area contributed by atoms with Crippen molar-refractivity contribution in [1.29, 1.82) is 0 Å². The van der Waals surface area contributed by atoms with Crippen LogP contribution >= 0.6 is 0 Å². The number of hydrogen-bond donors (Lipinski definition) is 2. The first kappa shape index (κ1) is 13.4. The zero-order chi connectivity index (χ0) is 15.0. The molecule has 21 heavy (non-hydrogen) atoms. The van der Waals surface area contributed by atoms with Gasteiger partial charge in [-0.15, -0.1) is 0 Å². The fourth-order valence-electron chi connectivity index (χ4n) is 2.28. The van der Waals surface area contributed by atoms with Crippen LogP contribution in [0.4, 0.5) is 0 Å². The van der Waals surface area contributed by atoms with Gasteiger partial charge >= 0.3 is 0 Å². The number of benzene rings is 2. The molecular formula is C17H16N2O2. The van der Waals surface area contributed by atoms with Crippen LogP contribution in [0, 0.1) is 0 Å². The second-order valence-corrected chi connectivity index (χ2v) is 5.30. The third-order valence-corrected chi connectivity index (χ3v) is 3.39. The average Bonchev–Trinajstić information content (AvgIpc) is 2.46. The summed E-state index contributed by atoms with van der Waals surface area (Å²) in [5.41, 5.74) is 4.30. The molecule has 1 heterocycles. The van der Waals surface area contributed by atoms with E-state index in [1.807, 2.05) is 19.9 Å². The number of rotatable bonds is 2. The highest BCUT2D eigenvalue weighted by molar-refractivity contribution is 5.93. The largest absolute Gasteiger partial charge is 0.506 e. The number of hydrogen-bond acceptors (Lipinski definition) is 4. The van der Waals surface area contributed by atoms with Crippen LogP contribution in [0.3, 0.4) is 0 Å². The average molecular weight is 280 g/mol. The summed E-state index contributed by atoms with van der Waals surface area (Å²) >= 11 is 0. The van der Waals surface area contributed by atoms with E-state index in [9.17, 15) is 10.2 Å². The van der Waals surface area contributed by atoms with E-state index in [2.05, 4.69) is 16.0 Å². The van der Waals surface area contributed by atoms with Crippen LogP contribution in [0.1, 0.15) is 19.4 Å². The van der Waals surface area contributed by atoms with E-state index >= 15 is 0 Å². The van der Waals surface area contributed by atoms with Crippen molar-refractivity contribution < 1.29 is 10.2 Å². The summed E-state index contributed by atoms with van der Waals surface area (Å²) in [6.45, 7) is 4.07. The Balaban J connectivity index is 2.33. The minimum absolute atomic E-state index is 0.0957. The molecule has 0 saturated carbocycles. The Kier molecular flexibility index (Phi) is 3.22. The summed E-state index contributed by atoms with van der Waals surface area (Å²) in [7, 11) is 0. The minimum Gasteiger partial charge on any atom is -0.506 e. The van der Waals surface area contributed by atoms with Crippen molar-refractivity contribution in [3.05, 3.63) is 47.5 Å². The molecule has 4 heteroatoms. The predicted molar refractivity (Wildman–Crippen MR) is 83.5 cm³/mol. The number of phenolic OH excluding ortho intramolecular Hbond substituents is 2. The van der Waals surface area contributed by atoms with Crippen LogP contribution in [-0.4, -0.2) is 20.2 Å². The van der Waals surface area contributed by atoms with Crippen molar-refractivity contribution in [2.75, 3.05) is 0 Å². The lowest BCUT2D eigenvalue weighted by Crippen LogP contribution is -1.93. The van der Waals surface area contributed by atoms with Gasteiger partial charge in [0.2, 0.25) is 0 Å². The molecule has 0 aliphatic rings. The molecule has 0 amide bonds. The Morgan fingerprint density at radius 3 is 2.48 bits per heavy atom. The zero-order valence-electron chi connectivity index (χ0n) is 12.0. The van der Waals surface area contributed by atoms with Gasteiger partial charge in [0.25, 0.3) is 0 Å². The van der Waals surface area contributed by atoms with Gasteiger partial charge in [0, 0.05) is 0 Å². The van der Waals surface area contributed by atoms with E-state index in [0.29, 0.717) is 28.5 Å². The molecule has 2 aromatic carbocycles. The lowest BCUT2D eigenvalue weighted by molar-refractivity contribution is 0.478. The highest BCUT2D eigenvalue weighted by atomic mass is 16.3. The number of aromatic hydroxyl groups is 2. The lowest BCUT2D eigenvalue weighted by atomic mass is 10.1. The molecule has 0 atom stereocenters. The summed E-state index contributed by atoms with van der Waals surface area (Å²) in [6, 6.07) is 8.55. The number of para-hydroxylation sites is 1. The SMILES string of the molecule is CC(C)=CCc1ccc(O)c2nc3cccc(O)c3nc12. The van der Waals surface area contributed by atoms with Crippen molar-refractivity contribution in [1.82, 2.24) is 9.97 Å². The molecule has 4 nitrogen and oxygen atoms in total. The fraction of sp³-hybridized carbons (Fsp3) is 0.176. The first-order valence-corrected chi connectivity index (χ1v) is 6.80. The van der Waals surface area contributed by atoms with Crippen LogP contribution in [-0.2, 0) is 6.42 Å². The number of fused-ring (bicyclic) bond motifs is 2. The molecule has 106 valence electrons. The second kappa shape index (κ2) is 5.05. The van der Waals surface area contributed by atoms with Gasteiger partial charge in [-0.05, 0) is 44.0 Å². The molecule has 1 aromatic heterocycles. The molecule has 0 radical (unpaired) electrons. The standard InChI is InChI=1S/C17H16N2O2/c1-10(2)6-7-11-8-9-14(21)17-15(11)19-16-12(18-17)4-3-5-13(16)20/h3-6,8-9,20-21H,7H2,1-2H3. The van der Waals surface area contributed by atoms with Gasteiger partial charge in [0.1, 0.15) is 22.5 Å². The third kappa shape index (κ3) is 2.40. The maximum Gasteiger partial charge on any atom is 0.143 e. The van der Waals surface area contributed by atoms with Crippen LogP contribution in [0.5, 0.6) is 11.5 Å². The smallest absolute Gasteiger partial charge is 0.143 e. The van der Waals surface area contributed by atoms with Crippen LogP contribution < -0.4 is 0 Å². The molecule has 0 aliphatic carbocycles. The van der Waals surface area contributed by atoms with Gasteiger partial charge in [0.15, 0.2) is 0 Å². The van der Waals surface area contributed by atoms with Gasteiger partial charge in [-0.1, -0.05) is 23.8 Å².